The van der Waals surface area contributed by atoms with E-state index >= 15 is 0 Å². The Morgan fingerprint density at radius 1 is 0.886 bits per heavy atom. The summed E-state index contributed by atoms with van der Waals surface area (Å²) >= 11 is 8.12. The van der Waals surface area contributed by atoms with Gasteiger partial charge >= 0.3 is 11.9 Å². The smallest absolute Gasteiger partial charge is 0.303 e. The van der Waals surface area contributed by atoms with Gasteiger partial charge in [0, 0.05) is 54.1 Å². The fourth-order valence-corrected chi connectivity index (χ4v) is 5.31. The van der Waals surface area contributed by atoms with E-state index in [1.807, 2.05) is 17.8 Å². The molecule has 0 bridgehead atoms. The van der Waals surface area contributed by atoms with Gasteiger partial charge in [-0.1, -0.05) is 47.6 Å². The van der Waals surface area contributed by atoms with Crippen LogP contribution in [0.25, 0.3) is 5.57 Å². The first-order valence-electron chi connectivity index (χ1n) is 11.6. The summed E-state index contributed by atoms with van der Waals surface area (Å²) in [5.74, 6) is -2.15. The van der Waals surface area contributed by atoms with Gasteiger partial charge in [0.05, 0.1) is 19.4 Å². The molecular formula is C26H31ClN2O5S. The Hall–Kier alpha value is -2.36. The fourth-order valence-electron chi connectivity index (χ4n) is 4.05. The molecule has 0 spiro atoms. The minimum Gasteiger partial charge on any atom is -0.481 e. The number of nitrogens with zero attached hydrogens (tertiary/aromatic N) is 2. The summed E-state index contributed by atoms with van der Waals surface area (Å²) in [7, 11) is 0. The number of carbonyl (C=O) groups is 2. The molecule has 0 aromatic heterocycles. The number of carboxylic acids is 2. The number of β-amino-alcohol motifs (C(OH)–C–C–N with tert-alkyl or cyclic N) is 1. The van der Waals surface area contributed by atoms with Crippen molar-refractivity contribution in [1.82, 2.24) is 9.80 Å². The average Bonchev–Trinajstić information content (AvgIpc) is 2.84. The monoisotopic (exact) mass is 518 g/mol. The number of piperazine rings is 1. The number of halogens is 1. The maximum absolute atomic E-state index is 9.64. The van der Waals surface area contributed by atoms with E-state index in [-0.39, 0.29) is 19.4 Å². The van der Waals surface area contributed by atoms with E-state index < -0.39 is 11.9 Å². The second kappa shape index (κ2) is 13.7. The molecule has 2 aliphatic rings. The highest BCUT2D eigenvalue weighted by atomic mass is 35.5. The predicted molar refractivity (Wildman–Crippen MR) is 138 cm³/mol. The Bertz CT molecular complexity index is 1040. The molecule has 0 radical (unpaired) electrons. The molecule has 2 aromatic carbocycles. The van der Waals surface area contributed by atoms with Gasteiger partial charge < -0.3 is 20.2 Å². The Balaban J connectivity index is 0.000000371. The van der Waals surface area contributed by atoms with Crippen LogP contribution in [0.2, 0.25) is 5.02 Å². The van der Waals surface area contributed by atoms with Crippen LogP contribution in [0, 0.1) is 0 Å². The zero-order chi connectivity index (χ0) is 25.2. The van der Waals surface area contributed by atoms with Crippen molar-refractivity contribution in [3.05, 3.63) is 64.7 Å². The third-order valence-corrected chi connectivity index (χ3v) is 7.24. The van der Waals surface area contributed by atoms with Gasteiger partial charge in [-0.15, -0.1) is 0 Å². The average molecular weight is 519 g/mol. The number of benzene rings is 2. The molecule has 7 nitrogen and oxygen atoms in total. The molecular weight excluding hydrogens is 488 g/mol. The van der Waals surface area contributed by atoms with Crippen molar-refractivity contribution in [2.45, 2.75) is 29.1 Å². The molecule has 188 valence electrons. The summed E-state index contributed by atoms with van der Waals surface area (Å²) in [4.78, 5) is 26.7. The number of aliphatic carboxylic acids is 2. The van der Waals surface area contributed by atoms with Crippen LogP contribution in [0.15, 0.2) is 58.3 Å². The van der Waals surface area contributed by atoms with Crippen LogP contribution in [-0.2, 0) is 9.59 Å². The summed E-state index contributed by atoms with van der Waals surface area (Å²) < 4.78 is 0. The molecule has 1 fully saturated rings. The van der Waals surface area contributed by atoms with E-state index in [1.165, 1.54) is 26.5 Å². The van der Waals surface area contributed by atoms with Gasteiger partial charge in [0.15, 0.2) is 0 Å². The van der Waals surface area contributed by atoms with Crippen LogP contribution >= 0.6 is 23.4 Å². The topological polar surface area (TPSA) is 101 Å². The summed E-state index contributed by atoms with van der Waals surface area (Å²) in [6.07, 6.45) is 2.82. The molecule has 0 unspecified atom stereocenters. The van der Waals surface area contributed by atoms with E-state index in [4.69, 9.17) is 26.9 Å². The number of carboxylic acid groups (broad SMARTS) is 2. The van der Waals surface area contributed by atoms with Crippen LogP contribution in [0.1, 0.15) is 30.4 Å². The zero-order valence-corrected chi connectivity index (χ0v) is 21.1. The van der Waals surface area contributed by atoms with Crippen molar-refractivity contribution in [2.75, 3.05) is 45.9 Å². The van der Waals surface area contributed by atoms with Crippen LogP contribution < -0.4 is 0 Å². The quantitative estimate of drug-likeness (QED) is 0.408. The predicted octanol–water partition coefficient (Wildman–Crippen LogP) is 4.17. The van der Waals surface area contributed by atoms with Crippen molar-refractivity contribution in [1.29, 1.82) is 0 Å². The third kappa shape index (κ3) is 8.37. The van der Waals surface area contributed by atoms with Gasteiger partial charge in [-0.3, -0.25) is 14.5 Å². The summed E-state index contributed by atoms with van der Waals surface area (Å²) in [6.45, 7) is 6.39. The molecule has 1 saturated heterocycles. The molecule has 0 saturated carbocycles. The fraction of sp³-hybridized carbons (Fsp3) is 0.385. The zero-order valence-electron chi connectivity index (χ0n) is 19.5. The lowest BCUT2D eigenvalue weighted by Crippen LogP contribution is -2.47. The van der Waals surface area contributed by atoms with Crippen molar-refractivity contribution >= 4 is 40.9 Å². The highest BCUT2D eigenvalue weighted by molar-refractivity contribution is 7.99. The Morgan fingerprint density at radius 3 is 2.11 bits per heavy atom. The largest absolute Gasteiger partial charge is 0.481 e. The van der Waals surface area contributed by atoms with Gasteiger partial charge in [-0.05, 0) is 47.4 Å². The highest BCUT2D eigenvalue weighted by Crippen LogP contribution is 2.46. The minimum absolute atomic E-state index is 0.255. The molecule has 0 amide bonds. The molecule has 0 atom stereocenters. The van der Waals surface area contributed by atoms with Crippen LogP contribution in [0.5, 0.6) is 0 Å². The number of hydrogen-bond donors (Lipinski definition) is 3. The molecule has 0 aliphatic carbocycles. The lowest BCUT2D eigenvalue weighted by Gasteiger charge is -2.34. The van der Waals surface area contributed by atoms with E-state index in [9.17, 15) is 9.59 Å². The van der Waals surface area contributed by atoms with Crippen LogP contribution in [0.4, 0.5) is 0 Å². The molecule has 3 N–H and O–H groups in total. The summed E-state index contributed by atoms with van der Waals surface area (Å²) in [5.41, 5.74) is 3.87. The Labute approximate surface area is 215 Å². The van der Waals surface area contributed by atoms with Gasteiger partial charge in [0.2, 0.25) is 0 Å². The van der Waals surface area contributed by atoms with Crippen molar-refractivity contribution in [3.8, 4) is 0 Å². The SMILES string of the molecule is O=C(O)CCC(=O)O.OCCN1CCN(CC/C=C2/c3ccccc3Sc3ccc(Cl)cc32)CC1. The molecule has 2 heterocycles. The second-order valence-corrected chi connectivity index (χ2v) is 9.86. The summed E-state index contributed by atoms with van der Waals surface area (Å²) in [5, 5.41) is 25.7. The van der Waals surface area contributed by atoms with E-state index in [2.05, 4.69) is 52.3 Å². The molecule has 4 rings (SSSR count). The van der Waals surface area contributed by atoms with Crippen molar-refractivity contribution in [2.24, 2.45) is 0 Å². The van der Waals surface area contributed by atoms with Crippen LogP contribution in [0.3, 0.4) is 0 Å². The molecule has 2 aliphatic heterocycles. The number of hydrogen-bond acceptors (Lipinski definition) is 6. The summed E-state index contributed by atoms with van der Waals surface area (Å²) in [6, 6.07) is 14.8. The highest BCUT2D eigenvalue weighted by Gasteiger charge is 2.21. The first-order valence-corrected chi connectivity index (χ1v) is 12.8. The Kier molecular flexibility index (Phi) is 10.6. The lowest BCUT2D eigenvalue weighted by atomic mass is 9.96. The van der Waals surface area contributed by atoms with E-state index in [0.717, 1.165) is 50.7 Å². The number of aliphatic hydroxyl groups excluding tert-OH is 1. The molecule has 2 aromatic rings. The van der Waals surface area contributed by atoms with Crippen LogP contribution in [-0.4, -0.2) is 82.9 Å². The first-order chi connectivity index (χ1) is 16.9. The Morgan fingerprint density at radius 2 is 1.49 bits per heavy atom. The second-order valence-electron chi connectivity index (χ2n) is 8.34. The van der Waals surface area contributed by atoms with Gasteiger partial charge in [0.25, 0.3) is 0 Å². The maximum Gasteiger partial charge on any atom is 0.303 e. The number of fused-ring (bicyclic) bond motifs is 2. The van der Waals surface area contributed by atoms with Crippen molar-refractivity contribution in [3.63, 3.8) is 0 Å². The standard InChI is InChI=1S/C22H25ClN2OS.C4H6O4/c23-17-7-8-22-20(16-17)18(19-4-1-2-6-21(19)27-22)5-3-9-24-10-12-25(13-11-24)14-15-26;5-3(6)1-2-4(7)8/h1-2,4-8,16,26H,3,9-15H2;1-2H2,(H,5,6)(H,7,8)/b18-5-;. The first kappa shape index (κ1) is 27.2. The molecule has 35 heavy (non-hydrogen) atoms. The van der Waals surface area contributed by atoms with E-state index in [0.29, 0.717) is 0 Å². The van der Waals surface area contributed by atoms with Crippen molar-refractivity contribution < 1.29 is 24.9 Å². The van der Waals surface area contributed by atoms with Gasteiger partial charge in [-0.25, -0.2) is 0 Å². The maximum atomic E-state index is 9.64. The van der Waals surface area contributed by atoms with Gasteiger partial charge in [-0.2, -0.15) is 0 Å². The number of aliphatic hydroxyl groups is 1. The lowest BCUT2D eigenvalue weighted by molar-refractivity contribution is -0.143. The number of rotatable bonds is 8. The third-order valence-electron chi connectivity index (χ3n) is 5.86. The van der Waals surface area contributed by atoms with E-state index in [1.54, 1.807) is 0 Å². The minimum atomic E-state index is -1.08. The molecule has 9 heteroatoms. The normalized spacial score (nSPS) is 16.7. The van der Waals surface area contributed by atoms with Gasteiger partial charge in [0.1, 0.15) is 0 Å².